The summed E-state index contributed by atoms with van der Waals surface area (Å²) in [5, 5.41) is 8.26. The van der Waals surface area contributed by atoms with Gasteiger partial charge in [-0.1, -0.05) is 35.1 Å². The van der Waals surface area contributed by atoms with Gasteiger partial charge in [0.15, 0.2) is 5.13 Å². The van der Waals surface area contributed by atoms with Crippen LogP contribution >= 0.6 is 11.3 Å². The van der Waals surface area contributed by atoms with Crippen LogP contribution in [-0.4, -0.2) is 16.9 Å². The van der Waals surface area contributed by atoms with Crippen molar-refractivity contribution in [3.63, 3.8) is 0 Å². The Bertz CT molecular complexity index is 1030. The minimum absolute atomic E-state index is 0.294. The van der Waals surface area contributed by atoms with E-state index in [2.05, 4.69) is 20.9 Å². The van der Waals surface area contributed by atoms with E-state index in [9.17, 15) is 14.0 Å². The maximum Gasteiger partial charge on any atom is 0.325 e. The third-order valence-electron chi connectivity index (χ3n) is 3.96. The minimum atomic E-state index is -0.454. The van der Waals surface area contributed by atoms with Crippen LogP contribution in [-0.2, 0) is 0 Å². The standard InChI is InChI=1S/C20H19FN4O2S/c1-11-4-7-14(8-5-11)24-19(27)25-20-22-13(3)17(28-20)18(26)23-15-9-6-12(2)16(21)10-15/h4-10H,1-3H3,(H,23,26)(H2,22,24,25,27). The highest BCUT2D eigenvalue weighted by atomic mass is 32.1. The highest BCUT2D eigenvalue weighted by Crippen LogP contribution is 2.24. The Balaban J connectivity index is 1.66. The first kappa shape index (κ1) is 19.5. The van der Waals surface area contributed by atoms with E-state index in [1.165, 1.54) is 6.07 Å². The van der Waals surface area contributed by atoms with E-state index in [4.69, 9.17) is 0 Å². The molecular formula is C20H19FN4O2S. The molecule has 0 unspecified atom stereocenters. The summed E-state index contributed by atoms with van der Waals surface area (Å²) in [6, 6.07) is 11.4. The zero-order valence-corrected chi connectivity index (χ0v) is 16.4. The molecule has 8 heteroatoms. The number of nitrogens with one attached hydrogen (secondary N) is 3. The van der Waals surface area contributed by atoms with Gasteiger partial charge in [0.2, 0.25) is 0 Å². The molecule has 0 aliphatic carbocycles. The number of benzene rings is 2. The summed E-state index contributed by atoms with van der Waals surface area (Å²) in [5.41, 5.74) is 3.06. The van der Waals surface area contributed by atoms with Crippen LogP contribution in [0.25, 0.3) is 0 Å². The SMILES string of the molecule is Cc1ccc(NC(=O)Nc2nc(C)c(C(=O)Nc3ccc(C)c(F)c3)s2)cc1. The van der Waals surface area contributed by atoms with Gasteiger partial charge in [-0.25, -0.2) is 14.2 Å². The maximum atomic E-state index is 13.6. The monoisotopic (exact) mass is 398 g/mol. The number of rotatable bonds is 4. The van der Waals surface area contributed by atoms with Crippen molar-refractivity contribution < 1.29 is 14.0 Å². The number of halogens is 1. The Labute approximate surface area is 165 Å². The Morgan fingerprint density at radius 2 is 1.61 bits per heavy atom. The van der Waals surface area contributed by atoms with Crippen molar-refractivity contribution in [1.29, 1.82) is 0 Å². The molecule has 0 bridgehead atoms. The molecule has 0 saturated carbocycles. The molecule has 3 N–H and O–H groups in total. The fraction of sp³-hybridized carbons (Fsp3) is 0.150. The second kappa shape index (κ2) is 8.18. The summed E-state index contributed by atoms with van der Waals surface area (Å²) < 4.78 is 13.6. The first-order valence-corrected chi connectivity index (χ1v) is 9.33. The molecule has 0 atom stereocenters. The summed E-state index contributed by atoms with van der Waals surface area (Å²) in [5.74, 6) is -0.806. The van der Waals surface area contributed by atoms with Gasteiger partial charge in [0.1, 0.15) is 10.7 Å². The van der Waals surface area contributed by atoms with E-state index in [-0.39, 0.29) is 0 Å². The molecule has 2 aromatic carbocycles. The van der Waals surface area contributed by atoms with Gasteiger partial charge in [-0.2, -0.15) is 0 Å². The Hall–Kier alpha value is -3.26. The molecule has 0 saturated heterocycles. The third-order valence-corrected chi connectivity index (χ3v) is 5.03. The first-order chi connectivity index (χ1) is 13.3. The van der Waals surface area contributed by atoms with Crippen molar-refractivity contribution in [2.45, 2.75) is 20.8 Å². The van der Waals surface area contributed by atoms with Crippen molar-refractivity contribution >= 4 is 39.8 Å². The Morgan fingerprint density at radius 3 is 2.29 bits per heavy atom. The molecular weight excluding hydrogens is 379 g/mol. The highest BCUT2D eigenvalue weighted by Gasteiger charge is 2.17. The van der Waals surface area contributed by atoms with Crippen molar-refractivity contribution in [1.82, 2.24) is 4.98 Å². The molecule has 0 fully saturated rings. The first-order valence-electron chi connectivity index (χ1n) is 8.51. The number of anilines is 3. The number of nitrogens with zero attached hydrogens (tertiary/aromatic N) is 1. The smallest absolute Gasteiger partial charge is 0.321 e. The lowest BCUT2D eigenvalue weighted by molar-refractivity contribution is 0.102. The third kappa shape index (κ3) is 4.72. The topological polar surface area (TPSA) is 83.1 Å². The van der Waals surface area contributed by atoms with Gasteiger partial charge in [-0.3, -0.25) is 10.1 Å². The molecule has 3 rings (SSSR count). The fourth-order valence-electron chi connectivity index (χ4n) is 2.42. The quantitative estimate of drug-likeness (QED) is 0.571. The number of hydrogen-bond acceptors (Lipinski definition) is 4. The number of urea groups is 1. The van der Waals surface area contributed by atoms with Crippen molar-refractivity contribution in [2.24, 2.45) is 0 Å². The van der Waals surface area contributed by atoms with Crippen LogP contribution in [0, 0.1) is 26.6 Å². The highest BCUT2D eigenvalue weighted by molar-refractivity contribution is 7.17. The zero-order chi connectivity index (χ0) is 20.3. The van der Waals surface area contributed by atoms with E-state index in [0.717, 1.165) is 16.9 Å². The molecule has 0 aliphatic rings. The zero-order valence-electron chi connectivity index (χ0n) is 15.6. The van der Waals surface area contributed by atoms with Crippen molar-refractivity contribution in [3.05, 3.63) is 70.0 Å². The number of hydrogen-bond donors (Lipinski definition) is 3. The molecule has 0 spiro atoms. The Kier molecular flexibility index (Phi) is 5.70. The summed E-state index contributed by atoms with van der Waals surface area (Å²) in [6.45, 7) is 5.28. The van der Waals surface area contributed by atoms with Gasteiger partial charge < -0.3 is 10.6 Å². The Morgan fingerprint density at radius 1 is 0.929 bits per heavy atom. The fourth-order valence-corrected chi connectivity index (χ4v) is 3.27. The molecule has 3 amide bonds. The van der Waals surface area contributed by atoms with Crippen LogP contribution in [0.1, 0.15) is 26.5 Å². The molecule has 0 radical (unpaired) electrons. The lowest BCUT2D eigenvalue weighted by Gasteiger charge is -2.06. The molecule has 0 aliphatic heterocycles. The van der Waals surface area contributed by atoms with Crippen molar-refractivity contribution in [3.8, 4) is 0 Å². The molecule has 3 aromatic rings. The predicted octanol–water partition coefficient (Wildman–Crippen LogP) is 5.10. The molecule has 144 valence electrons. The summed E-state index contributed by atoms with van der Waals surface area (Å²) in [7, 11) is 0. The van der Waals surface area contributed by atoms with Gasteiger partial charge >= 0.3 is 6.03 Å². The minimum Gasteiger partial charge on any atom is -0.321 e. The van der Waals surface area contributed by atoms with Crippen LogP contribution in [0.3, 0.4) is 0 Å². The normalized spacial score (nSPS) is 10.4. The second-order valence-corrected chi connectivity index (χ2v) is 7.30. The van der Waals surface area contributed by atoms with Crippen LogP contribution < -0.4 is 16.0 Å². The van der Waals surface area contributed by atoms with Crippen LogP contribution in [0.2, 0.25) is 0 Å². The number of aromatic nitrogens is 1. The largest absolute Gasteiger partial charge is 0.325 e. The average Bonchev–Trinajstić information content (AvgIpc) is 3.00. The lowest BCUT2D eigenvalue weighted by Crippen LogP contribution is -2.19. The van der Waals surface area contributed by atoms with Crippen LogP contribution in [0.4, 0.5) is 25.7 Å². The molecule has 6 nitrogen and oxygen atoms in total. The number of carbonyl (C=O) groups excluding carboxylic acids is 2. The predicted molar refractivity (Wildman–Crippen MR) is 110 cm³/mol. The molecule has 1 heterocycles. The van der Waals surface area contributed by atoms with Crippen LogP contribution in [0.5, 0.6) is 0 Å². The summed E-state index contributed by atoms with van der Waals surface area (Å²) in [6.07, 6.45) is 0. The summed E-state index contributed by atoms with van der Waals surface area (Å²) >= 11 is 1.05. The van der Waals surface area contributed by atoms with E-state index in [1.54, 1.807) is 38.1 Å². The van der Waals surface area contributed by atoms with Gasteiger partial charge in [0.25, 0.3) is 5.91 Å². The van der Waals surface area contributed by atoms with Crippen molar-refractivity contribution in [2.75, 3.05) is 16.0 Å². The van der Waals surface area contributed by atoms with Gasteiger partial charge in [-0.15, -0.1) is 0 Å². The maximum absolute atomic E-state index is 13.6. The van der Waals surface area contributed by atoms with E-state index in [1.807, 2.05) is 19.1 Å². The van der Waals surface area contributed by atoms with E-state index >= 15 is 0 Å². The van der Waals surface area contributed by atoms with Crippen LogP contribution in [0.15, 0.2) is 42.5 Å². The van der Waals surface area contributed by atoms with E-state index in [0.29, 0.717) is 32.6 Å². The lowest BCUT2D eigenvalue weighted by atomic mass is 10.2. The number of amides is 3. The average molecular weight is 398 g/mol. The van der Waals surface area contributed by atoms with Gasteiger partial charge in [0, 0.05) is 11.4 Å². The number of thiazole rings is 1. The number of aryl methyl sites for hydroxylation is 3. The number of carbonyl (C=O) groups is 2. The second-order valence-electron chi connectivity index (χ2n) is 6.30. The molecule has 28 heavy (non-hydrogen) atoms. The van der Waals surface area contributed by atoms with Gasteiger partial charge in [-0.05, 0) is 50.6 Å². The molecule has 1 aromatic heterocycles. The summed E-state index contributed by atoms with van der Waals surface area (Å²) in [4.78, 5) is 29.1. The van der Waals surface area contributed by atoms with Gasteiger partial charge in [0.05, 0.1) is 5.69 Å². The van der Waals surface area contributed by atoms with E-state index < -0.39 is 17.8 Å².